The van der Waals surface area contributed by atoms with Gasteiger partial charge in [0.05, 0.1) is 18.9 Å². The van der Waals surface area contributed by atoms with E-state index in [2.05, 4.69) is 39.8 Å². The number of nitrogens with zero attached hydrogens (tertiary/aromatic N) is 2. The molecule has 0 unspecified atom stereocenters. The molecule has 20 heavy (non-hydrogen) atoms. The van der Waals surface area contributed by atoms with Crippen molar-refractivity contribution in [2.24, 2.45) is 0 Å². The van der Waals surface area contributed by atoms with Gasteiger partial charge in [-0.2, -0.15) is 10.2 Å². The summed E-state index contributed by atoms with van der Waals surface area (Å²) in [6.45, 7) is 2.54. The van der Waals surface area contributed by atoms with Gasteiger partial charge in [0.25, 0.3) is 0 Å². The van der Waals surface area contributed by atoms with Gasteiger partial charge in [0.1, 0.15) is 0 Å². The second-order valence-corrected chi connectivity index (χ2v) is 4.74. The molecule has 1 aromatic heterocycles. The highest BCUT2D eigenvalue weighted by atomic mass is 35.5. The Kier molecular flexibility index (Phi) is 5.47. The number of benzene rings is 1. The molecule has 1 aliphatic heterocycles. The van der Waals surface area contributed by atoms with Crippen LogP contribution in [0.2, 0.25) is 0 Å². The molecule has 3 rings (SSSR count). The van der Waals surface area contributed by atoms with Crippen LogP contribution in [0.3, 0.4) is 0 Å². The standard InChI is InChI=1S/C15H17N3O.ClH/c1-3-12(10-14-11-19-8-7-16-14)9-13(4-1)15-5-2-6-17-18-15;/h1-6,9,14,16H,7-8,10-11H2;1H/t14-;/m1./s1. The van der Waals surface area contributed by atoms with Gasteiger partial charge in [-0.05, 0) is 30.2 Å². The van der Waals surface area contributed by atoms with Crippen LogP contribution in [0, 0.1) is 0 Å². The zero-order valence-corrected chi connectivity index (χ0v) is 12.0. The van der Waals surface area contributed by atoms with Crippen molar-refractivity contribution in [1.29, 1.82) is 0 Å². The molecule has 0 aliphatic carbocycles. The summed E-state index contributed by atoms with van der Waals surface area (Å²) in [5, 5.41) is 11.5. The van der Waals surface area contributed by atoms with Crippen molar-refractivity contribution in [3.8, 4) is 11.3 Å². The molecule has 1 aromatic carbocycles. The highest BCUT2D eigenvalue weighted by molar-refractivity contribution is 5.85. The van der Waals surface area contributed by atoms with E-state index in [1.54, 1.807) is 6.20 Å². The summed E-state index contributed by atoms with van der Waals surface area (Å²) in [4.78, 5) is 0. The third-order valence-corrected chi connectivity index (χ3v) is 3.28. The summed E-state index contributed by atoms with van der Waals surface area (Å²) in [6, 6.07) is 12.8. The summed E-state index contributed by atoms with van der Waals surface area (Å²) in [5.74, 6) is 0. The molecular formula is C15H18ClN3O. The molecule has 1 atom stereocenters. The summed E-state index contributed by atoms with van der Waals surface area (Å²) in [7, 11) is 0. The van der Waals surface area contributed by atoms with Crippen LogP contribution in [-0.2, 0) is 11.2 Å². The first-order chi connectivity index (χ1) is 9.42. The van der Waals surface area contributed by atoms with Gasteiger partial charge >= 0.3 is 0 Å². The quantitative estimate of drug-likeness (QED) is 0.941. The van der Waals surface area contributed by atoms with Crippen molar-refractivity contribution in [1.82, 2.24) is 15.5 Å². The first-order valence-electron chi connectivity index (χ1n) is 6.60. The molecule has 2 heterocycles. The van der Waals surface area contributed by atoms with E-state index >= 15 is 0 Å². The Morgan fingerprint density at radius 1 is 1.25 bits per heavy atom. The van der Waals surface area contributed by atoms with Gasteiger partial charge < -0.3 is 10.1 Å². The van der Waals surface area contributed by atoms with Crippen LogP contribution >= 0.6 is 12.4 Å². The van der Waals surface area contributed by atoms with E-state index in [1.165, 1.54) is 5.56 Å². The third kappa shape index (κ3) is 3.76. The zero-order chi connectivity index (χ0) is 12.9. The van der Waals surface area contributed by atoms with E-state index < -0.39 is 0 Å². The van der Waals surface area contributed by atoms with Crippen LogP contribution in [0.5, 0.6) is 0 Å². The van der Waals surface area contributed by atoms with Crippen molar-refractivity contribution >= 4 is 12.4 Å². The van der Waals surface area contributed by atoms with Gasteiger partial charge in [-0.15, -0.1) is 12.4 Å². The predicted molar refractivity (Wildman–Crippen MR) is 81.0 cm³/mol. The second-order valence-electron chi connectivity index (χ2n) is 4.74. The number of hydrogen-bond donors (Lipinski definition) is 1. The molecule has 2 aromatic rings. The van der Waals surface area contributed by atoms with Crippen molar-refractivity contribution < 1.29 is 4.74 Å². The number of halogens is 1. The summed E-state index contributed by atoms with van der Waals surface area (Å²) >= 11 is 0. The van der Waals surface area contributed by atoms with E-state index in [0.29, 0.717) is 6.04 Å². The van der Waals surface area contributed by atoms with Gasteiger partial charge in [-0.25, -0.2) is 0 Å². The minimum atomic E-state index is 0. The smallest absolute Gasteiger partial charge is 0.0929 e. The Labute approximate surface area is 125 Å². The fourth-order valence-electron chi connectivity index (χ4n) is 2.35. The molecule has 1 saturated heterocycles. The molecule has 0 amide bonds. The van der Waals surface area contributed by atoms with Gasteiger partial charge in [-0.3, -0.25) is 0 Å². The summed E-state index contributed by atoms with van der Waals surface area (Å²) < 4.78 is 5.48. The molecule has 0 spiro atoms. The van der Waals surface area contributed by atoms with Crippen molar-refractivity contribution in [2.75, 3.05) is 19.8 Å². The Hall–Kier alpha value is -1.49. The van der Waals surface area contributed by atoms with E-state index in [-0.39, 0.29) is 12.4 Å². The SMILES string of the molecule is Cl.c1cc(C[C@@H]2COCCN2)cc(-c2cccnn2)c1. The van der Waals surface area contributed by atoms with E-state index in [1.807, 2.05) is 12.1 Å². The fraction of sp³-hybridized carbons (Fsp3) is 0.333. The van der Waals surface area contributed by atoms with Crippen molar-refractivity contribution in [3.63, 3.8) is 0 Å². The fourth-order valence-corrected chi connectivity index (χ4v) is 2.35. The number of morpholine rings is 1. The maximum Gasteiger partial charge on any atom is 0.0929 e. The molecular weight excluding hydrogens is 274 g/mol. The van der Waals surface area contributed by atoms with E-state index in [9.17, 15) is 0 Å². The molecule has 4 nitrogen and oxygen atoms in total. The normalized spacial score (nSPS) is 18.3. The van der Waals surface area contributed by atoms with Gasteiger partial charge in [-0.1, -0.05) is 18.2 Å². The predicted octanol–water partition coefficient (Wildman–Crippen LogP) is 2.10. The number of nitrogens with one attached hydrogen (secondary N) is 1. The third-order valence-electron chi connectivity index (χ3n) is 3.28. The largest absolute Gasteiger partial charge is 0.379 e. The van der Waals surface area contributed by atoms with Gasteiger partial charge in [0.2, 0.25) is 0 Å². The molecule has 1 N–H and O–H groups in total. The van der Waals surface area contributed by atoms with Crippen molar-refractivity contribution in [3.05, 3.63) is 48.2 Å². The lowest BCUT2D eigenvalue weighted by Crippen LogP contribution is -2.42. The monoisotopic (exact) mass is 291 g/mol. The first-order valence-corrected chi connectivity index (χ1v) is 6.60. The van der Waals surface area contributed by atoms with Crippen LogP contribution in [0.15, 0.2) is 42.6 Å². The number of rotatable bonds is 3. The number of ether oxygens (including phenoxy) is 1. The minimum Gasteiger partial charge on any atom is -0.379 e. The Morgan fingerprint density at radius 3 is 2.95 bits per heavy atom. The lowest BCUT2D eigenvalue weighted by Gasteiger charge is -2.23. The minimum absolute atomic E-state index is 0. The van der Waals surface area contributed by atoms with Gasteiger partial charge in [0, 0.05) is 24.3 Å². The maximum absolute atomic E-state index is 5.48. The molecule has 0 radical (unpaired) electrons. The highest BCUT2D eigenvalue weighted by Crippen LogP contribution is 2.18. The zero-order valence-electron chi connectivity index (χ0n) is 11.2. The first kappa shape index (κ1) is 14.9. The number of hydrogen-bond acceptors (Lipinski definition) is 4. The average molecular weight is 292 g/mol. The summed E-state index contributed by atoms with van der Waals surface area (Å²) in [5.41, 5.74) is 3.32. The maximum atomic E-state index is 5.48. The summed E-state index contributed by atoms with van der Waals surface area (Å²) in [6.07, 6.45) is 2.67. The van der Waals surface area contributed by atoms with Crippen LogP contribution in [0.25, 0.3) is 11.3 Å². The molecule has 5 heteroatoms. The Balaban J connectivity index is 0.00000147. The average Bonchev–Trinajstić information content (AvgIpc) is 2.49. The van der Waals surface area contributed by atoms with Crippen LogP contribution in [0.4, 0.5) is 0 Å². The Morgan fingerprint density at radius 2 is 2.20 bits per heavy atom. The Bertz CT molecular complexity index is 530. The van der Waals surface area contributed by atoms with Crippen LogP contribution < -0.4 is 5.32 Å². The lowest BCUT2D eigenvalue weighted by molar-refractivity contribution is 0.0770. The molecule has 106 valence electrons. The highest BCUT2D eigenvalue weighted by Gasteiger charge is 2.13. The molecule has 1 fully saturated rings. The topological polar surface area (TPSA) is 47.0 Å². The second kappa shape index (κ2) is 7.33. The molecule has 0 bridgehead atoms. The van der Waals surface area contributed by atoms with E-state index in [4.69, 9.17) is 4.74 Å². The molecule has 0 saturated carbocycles. The van der Waals surface area contributed by atoms with Crippen molar-refractivity contribution in [2.45, 2.75) is 12.5 Å². The van der Waals surface area contributed by atoms with E-state index in [0.717, 1.165) is 37.4 Å². The lowest BCUT2D eigenvalue weighted by atomic mass is 10.0. The molecule has 1 aliphatic rings. The number of aromatic nitrogens is 2. The van der Waals surface area contributed by atoms with Gasteiger partial charge in [0.15, 0.2) is 0 Å². The van der Waals surface area contributed by atoms with Crippen LogP contribution in [0.1, 0.15) is 5.56 Å². The van der Waals surface area contributed by atoms with Crippen LogP contribution in [-0.4, -0.2) is 36.0 Å².